The summed E-state index contributed by atoms with van der Waals surface area (Å²) in [6, 6.07) is 0. The summed E-state index contributed by atoms with van der Waals surface area (Å²) >= 11 is 5.13. The van der Waals surface area contributed by atoms with Crippen molar-refractivity contribution in [3.8, 4) is 0 Å². The van der Waals surface area contributed by atoms with Gasteiger partial charge < -0.3 is 10.1 Å². The Bertz CT molecular complexity index is 347. The van der Waals surface area contributed by atoms with Crippen molar-refractivity contribution < 1.29 is 9.53 Å². The van der Waals surface area contributed by atoms with E-state index in [1.165, 1.54) is 44.9 Å². The molecule has 6 heteroatoms. The zero-order chi connectivity index (χ0) is 17.5. The lowest BCUT2D eigenvalue weighted by molar-refractivity contribution is -0.121. The van der Waals surface area contributed by atoms with Crippen molar-refractivity contribution in [3.05, 3.63) is 0 Å². The zero-order valence-corrected chi connectivity index (χ0v) is 16.0. The van der Waals surface area contributed by atoms with Crippen LogP contribution in [0.1, 0.15) is 84.0 Å². The molecular weight excluding hydrogens is 322 g/mol. The third kappa shape index (κ3) is 11.6. The molecule has 0 aromatic heterocycles. The first-order valence-electron chi connectivity index (χ1n) is 9.66. The number of thiocarbonyl (C=S) groups is 1. The lowest BCUT2D eigenvalue weighted by Crippen LogP contribution is -2.48. The number of ether oxygens (including phenoxy) is 1. The second-order valence-electron chi connectivity index (χ2n) is 6.60. The molecule has 0 spiro atoms. The molecule has 1 aliphatic heterocycles. The first-order chi connectivity index (χ1) is 11.7. The number of hydrogen-bond acceptors (Lipinski definition) is 3. The number of unbranched alkanes of at least 4 members (excludes halogenated alkanes) is 8. The van der Waals surface area contributed by atoms with Gasteiger partial charge in [-0.25, -0.2) is 0 Å². The molecule has 0 aromatic rings. The second kappa shape index (κ2) is 14.5. The molecule has 140 valence electrons. The van der Waals surface area contributed by atoms with Crippen molar-refractivity contribution in [2.75, 3.05) is 13.2 Å². The Morgan fingerprint density at radius 2 is 1.71 bits per heavy atom. The Morgan fingerprint density at radius 3 is 2.33 bits per heavy atom. The molecule has 24 heavy (non-hydrogen) atoms. The van der Waals surface area contributed by atoms with Crippen molar-refractivity contribution in [3.63, 3.8) is 0 Å². The highest BCUT2D eigenvalue weighted by atomic mass is 32.1. The molecule has 3 N–H and O–H groups in total. The fourth-order valence-corrected chi connectivity index (χ4v) is 2.98. The monoisotopic (exact) mass is 357 g/mol. The van der Waals surface area contributed by atoms with Crippen LogP contribution in [0.15, 0.2) is 0 Å². The molecule has 1 heterocycles. The van der Waals surface area contributed by atoms with E-state index in [2.05, 4.69) is 23.1 Å². The van der Waals surface area contributed by atoms with Gasteiger partial charge in [0.1, 0.15) is 0 Å². The SMILES string of the molecule is CCCCCCCCCCCC(=O)NNC(=S)NCC1CCCO1. The third-order valence-electron chi connectivity index (χ3n) is 4.34. The maximum atomic E-state index is 11.7. The molecular formula is C18H35N3O2S. The first-order valence-corrected chi connectivity index (χ1v) is 10.1. The quantitative estimate of drug-likeness (QED) is 0.283. The van der Waals surface area contributed by atoms with E-state index < -0.39 is 0 Å². The molecule has 1 aliphatic rings. The van der Waals surface area contributed by atoms with Gasteiger partial charge in [-0.2, -0.15) is 0 Å². The van der Waals surface area contributed by atoms with E-state index in [0.717, 1.165) is 32.3 Å². The number of amides is 1. The van der Waals surface area contributed by atoms with Crippen LogP contribution in [0.25, 0.3) is 0 Å². The largest absolute Gasteiger partial charge is 0.376 e. The Hall–Kier alpha value is -0.880. The third-order valence-corrected chi connectivity index (χ3v) is 4.58. The molecule has 1 fully saturated rings. The van der Waals surface area contributed by atoms with Gasteiger partial charge in [-0.1, -0.05) is 58.3 Å². The molecule has 5 nitrogen and oxygen atoms in total. The number of carbonyl (C=O) groups is 1. The van der Waals surface area contributed by atoms with Gasteiger partial charge in [0.15, 0.2) is 5.11 Å². The van der Waals surface area contributed by atoms with Crippen LogP contribution in [0.5, 0.6) is 0 Å². The normalized spacial score (nSPS) is 16.8. The summed E-state index contributed by atoms with van der Waals surface area (Å²) in [7, 11) is 0. The Balaban J connectivity index is 1.86. The summed E-state index contributed by atoms with van der Waals surface area (Å²) in [4.78, 5) is 11.7. The fourth-order valence-electron chi connectivity index (χ4n) is 2.84. The predicted molar refractivity (Wildman–Crippen MR) is 103 cm³/mol. The van der Waals surface area contributed by atoms with Crippen molar-refractivity contribution in [2.24, 2.45) is 0 Å². The zero-order valence-electron chi connectivity index (χ0n) is 15.2. The smallest absolute Gasteiger partial charge is 0.238 e. The summed E-state index contributed by atoms with van der Waals surface area (Å²) in [6.07, 6.45) is 14.3. The van der Waals surface area contributed by atoms with Gasteiger partial charge in [0, 0.05) is 19.6 Å². The summed E-state index contributed by atoms with van der Waals surface area (Å²) in [5, 5.41) is 3.52. The van der Waals surface area contributed by atoms with Crippen molar-refractivity contribution >= 4 is 23.2 Å². The molecule has 1 rings (SSSR count). The van der Waals surface area contributed by atoms with Crippen LogP contribution in [0.3, 0.4) is 0 Å². The standard InChI is InChI=1S/C18H35N3O2S/c1-2-3-4-5-6-7-8-9-10-13-17(22)20-21-18(24)19-15-16-12-11-14-23-16/h16H,2-15H2,1H3,(H,20,22)(H2,19,21,24). The Kier molecular flexibility index (Phi) is 12.8. The summed E-state index contributed by atoms with van der Waals surface area (Å²) < 4.78 is 5.50. The highest BCUT2D eigenvalue weighted by molar-refractivity contribution is 7.80. The Labute approximate surface area is 152 Å². The van der Waals surface area contributed by atoms with E-state index in [-0.39, 0.29) is 12.0 Å². The van der Waals surface area contributed by atoms with Crippen LogP contribution in [0.4, 0.5) is 0 Å². The van der Waals surface area contributed by atoms with Gasteiger partial charge in [0.2, 0.25) is 5.91 Å². The molecule has 0 aliphatic carbocycles. The average molecular weight is 358 g/mol. The summed E-state index contributed by atoms with van der Waals surface area (Å²) in [5.74, 6) is -0.000729. The minimum atomic E-state index is -0.000729. The van der Waals surface area contributed by atoms with Crippen LogP contribution < -0.4 is 16.2 Å². The summed E-state index contributed by atoms with van der Waals surface area (Å²) in [5.41, 5.74) is 5.40. The second-order valence-corrected chi connectivity index (χ2v) is 7.00. The molecule has 0 radical (unpaired) electrons. The van der Waals surface area contributed by atoms with Crippen molar-refractivity contribution in [2.45, 2.75) is 90.1 Å². The maximum Gasteiger partial charge on any atom is 0.238 e. The average Bonchev–Trinajstić information content (AvgIpc) is 3.10. The van der Waals surface area contributed by atoms with E-state index in [9.17, 15) is 4.79 Å². The van der Waals surface area contributed by atoms with Crippen LogP contribution >= 0.6 is 12.2 Å². The van der Waals surface area contributed by atoms with Gasteiger partial charge in [-0.3, -0.25) is 15.6 Å². The molecule has 0 aromatic carbocycles. The van der Waals surface area contributed by atoms with Crippen LogP contribution in [0, 0.1) is 0 Å². The number of hydrazine groups is 1. The highest BCUT2D eigenvalue weighted by Gasteiger charge is 2.15. The van der Waals surface area contributed by atoms with Crippen molar-refractivity contribution in [1.29, 1.82) is 0 Å². The summed E-state index contributed by atoms with van der Waals surface area (Å²) in [6.45, 7) is 3.77. The Morgan fingerprint density at radius 1 is 1.04 bits per heavy atom. The molecule has 0 bridgehead atoms. The van der Waals surface area contributed by atoms with E-state index >= 15 is 0 Å². The molecule has 1 amide bonds. The minimum absolute atomic E-state index is 0.000729. The van der Waals surface area contributed by atoms with Gasteiger partial charge in [0.05, 0.1) is 6.10 Å². The lowest BCUT2D eigenvalue weighted by Gasteiger charge is -2.14. The predicted octanol–water partition coefficient (Wildman–Crippen LogP) is 3.58. The van der Waals surface area contributed by atoms with Crippen LogP contribution in [0.2, 0.25) is 0 Å². The van der Waals surface area contributed by atoms with Crippen LogP contribution in [-0.4, -0.2) is 30.3 Å². The van der Waals surface area contributed by atoms with Gasteiger partial charge >= 0.3 is 0 Å². The first kappa shape index (κ1) is 21.2. The number of nitrogens with one attached hydrogen (secondary N) is 3. The number of rotatable bonds is 12. The number of hydrogen-bond donors (Lipinski definition) is 3. The van der Waals surface area contributed by atoms with E-state index in [4.69, 9.17) is 17.0 Å². The van der Waals surface area contributed by atoms with Crippen LogP contribution in [-0.2, 0) is 9.53 Å². The van der Waals surface area contributed by atoms with Gasteiger partial charge in [-0.15, -0.1) is 0 Å². The maximum absolute atomic E-state index is 11.7. The molecule has 0 saturated carbocycles. The molecule has 1 unspecified atom stereocenters. The number of carbonyl (C=O) groups excluding carboxylic acids is 1. The highest BCUT2D eigenvalue weighted by Crippen LogP contribution is 2.11. The van der Waals surface area contributed by atoms with E-state index in [0.29, 0.717) is 18.1 Å². The molecule has 1 atom stereocenters. The van der Waals surface area contributed by atoms with E-state index in [1.54, 1.807) is 0 Å². The topological polar surface area (TPSA) is 62.4 Å². The van der Waals surface area contributed by atoms with Gasteiger partial charge in [0.25, 0.3) is 0 Å². The minimum Gasteiger partial charge on any atom is -0.376 e. The molecule has 1 saturated heterocycles. The lowest BCUT2D eigenvalue weighted by atomic mass is 10.1. The van der Waals surface area contributed by atoms with E-state index in [1.807, 2.05) is 0 Å². The fraction of sp³-hybridized carbons (Fsp3) is 0.889. The van der Waals surface area contributed by atoms with Gasteiger partial charge in [-0.05, 0) is 31.5 Å². The van der Waals surface area contributed by atoms with Crippen molar-refractivity contribution in [1.82, 2.24) is 16.2 Å².